The molecule has 1 atom stereocenters. The molecule has 0 spiro atoms. The number of rotatable bonds is 1. The Kier molecular flexibility index (Phi) is 5.19. The summed E-state index contributed by atoms with van der Waals surface area (Å²) in [7, 11) is 2.09. The Bertz CT molecular complexity index is 201. The molecule has 2 rings (SSSR count). The third-order valence-corrected chi connectivity index (χ3v) is 2.31. The molecule has 0 bridgehead atoms. The highest BCUT2D eigenvalue weighted by atomic mass is 16.3. The molecule has 0 amide bonds. The molecule has 1 saturated heterocycles. The summed E-state index contributed by atoms with van der Waals surface area (Å²) in [4.78, 5) is 6.04. The number of aromatic nitrogens is 1. The summed E-state index contributed by atoms with van der Waals surface area (Å²) in [6.45, 7) is 2.60. The van der Waals surface area contributed by atoms with E-state index in [-0.39, 0.29) is 0 Å². The normalized spacial score (nSPS) is 21.4. The molecule has 78 valence electrons. The lowest BCUT2D eigenvalue weighted by molar-refractivity contribution is 0.228. The van der Waals surface area contributed by atoms with Gasteiger partial charge in [-0.25, -0.2) is 0 Å². The van der Waals surface area contributed by atoms with Crippen LogP contribution >= 0.6 is 0 Å². The second-order valence-electron chi connectivity index (χ2n) is 3.62. The molecular formula is C11H18N2O. The molecule has 1 aliphatic heterocycles. The van der Waals surface area contributed by atoms with E-state index in [2.05, 4.69) is 16.9 Å². The maximum absolute atomic E-state index is 8.66. The van der Waals surface area contributed by atoms with E-state index in [1.807, 2.05) is 18.2 Å². The van der Waals surface area contributed by atoms with E-state index in [1.165, 1.54) is 6.42 Å². The molecule has 1 unspecified atom stereocenters. The van der Waals surface area contributed by atoms with Crippen LogP contribution in [0.15, 0.2) is 30.6 Å². The van der Waals surface area contributed by atoms with Crippen LogP contribution in [-0.4, -0.2) is 41.7 Å². The van der Waals surface area contributed by atoms with Gasteiger partial charge in [-0.2, -0.15) is 0 Å². The predicted octanol–water partition coefficient (Wildman–Crippen LogP) is 1.01. The van der Waals surface area contributed by atoms with Crippen LogP contribution in [0, 0.1) is 5.92 Å². The summed E-state index contributed by atoms with van der Waals surface area (Å²) in [5, 5.41) is 8.66. The van der Waals surface area contributed by atoms with Gasteiger partial charge in [0.25, 0.3) is 0 Å². The predicted molar refractivity (Wildman–Crippen MR) is 56.9 cm³/mol. The lowest BCUT2D eigenvalue weighted by atomic mass is 10.1. The average molecular weight is 194 g/mol. The van der Waals surface area contributed by atoms with Gasteiger partial charge >= 0.3 is 0 Å². The summed E-state index contributed by atoms with van der Waals surface area (Å²) in [6, 6.07) is 5.72. The van der Waals surface area contributed by atoms with Crippen molar-refractivity contribution in [2.45, 2.75) is 6.42 Å². The maximum Gasteiger partial charge on any atom is 0.0471 e. The topological polar surface area (TPSA) is 36.4 Å². The van der Waals surface area contributed by atoms with E-state index >= 15 is 0 Å². The van der Waals surface area contributed by atoms with Crippen LogP contribution in [0.2, 0.25) is 0 Å². The Morgan fingerprint density at radius 1 is 1.36 bits per heavy atom. The molecule has 0 aliphatic carbocycles. The summed E-state index contributed by atoms with van der Waals surface area (Å²) in [5.74, 6) is 0.556. The van der Waals surface area contributed by atoms with Crippen molar-refractivity contribution in [2.75, 3.05) is 26.7 Å². The van der Waals surface area contributed by atoms with Crippen LogP contribution in [-0.2, 0) is 0 Å². The third-order valence-electron chi connectivity index (χ3n) is 2.31. The number of pyridine rings is 1. The minimum atomic E-state index is 0.365. The number of likely N-dealkylation sites (tertiary alicyclic amines) is 1. The van der Waals surface area contributed by atoms with Gasteiger partial charge in [0, 0.05) is 25.5 Å². The van der Waals surface area contributed by atoms with Crippen molar-refractivity contribution < 1.29 is 5.11 Å². The number of hydrogen-bond acceptors (Lipinski definition) is 3. The van der Waals surface area contributed by atoms with Crippen LogP contribution in [0.1, 0.15) is 6.42 Å². The van der Waals surface area contributed by atoms with E-state index in [1.54, 1.807) is 12.4 Å². The highest BCUT2D eigenvalue weighted by molar-refractivity contribution is 4.88. The van der Waals surface area contributed by atoms with Crippen LogP contribution < -0.4 is 0 Å². The molecule has 0 saturated carbocycles. The molecule has 0 aromatic carbocycles. The first-order valence-corrected chi connectivity index (χ1v) is 4.97. The molecule has 2 heterocycles. The fraction of sp³-hybridized carbons (Fsp3) is 0.545. The zero-order chi connectivity index (χ0) is 10.2. The van der Waals surface area contributed by atoms with Crippen molar-refractivity contribution in [3.05, 3.63) is 30.6 Å². The van der Waals surface area contributed by atoms with E-state index in [9.17, 15) is 0 Å². The molecule has 1 aromatic rings. The zero-order valence-corrected chi connectivity index (χ0v) is 8.63. The maximum atomic E-state index is 8.66. The fourth-order valence-electron chi connectivity index (χ4n) is 1.49. The molecule has 0 radical (unpaired) electrons. The first-order valence-electron chi connectivity index (χ1n) is 4.97. The largest absolute Gasteiger partial charge is 0.396 e. The zero-order valence-electron chi connectivity index (χ0n) is 8.63. The van der Waals surface area contributed by atoms with Crippen molar-refractivity contribution in [1.82, 2.24) is 9.88 Å². The van der Waals surface area contributed by atoms with E-state index in [0.717, 1.165) is 13.1 Å². The molecule has 1 N–H and O–H groups in total. The Morgan fingerprint density at radius 2 is 2.07 bits per heavy atom. The van der Waals surface area contributed by atoms with Crippen molar-refractivity contribution in [3.63, 3.8) is 0 Å². The Morgan fingerprint density at radius 3 is 2.29 bits per heavy atom. The summed E-state index contributed by atoms with van der Waals surface area (Å²) in [6.07, 6.45) is 4.67. The lowest BCUT2D eigenvalue weighted by Gasteiger charge is -2.05. The van der Waals surface area contributed by atoms with Crippen molar-refractivity contribution >= 4 is 0 Å². The third kappa shape index (κ3) is 4.35. The van der Waals surface area contributed by atoms with Gasteiger partial charge < -0.3 is 10.0 Å². The van der Waals surface area contributed by atoms with Crippen LogP contribution in [0.5, 0.6) is 0 Å². The van der Waals surface area contributed by atoms with Crippen molar-refractivity contribution in [3.8, 4) is 0 Å². The van der Waals surface area contributed by atoms with Crippen LogP contribution in [0.4, 0.5) is 0 Å². The minimum absolute atomic E-state index is 0.365. The van der Waals surface area contributed by atoms with Gasteiger partial charge in [0.15, 0.2) is 0 Å². The lowest BCUT2D eigenvalue weighted by Crippen LogP contribution is -2.15. The second-order valence-corrected chi connectivity index (χ2v) is 3.62. The van der Waals surface area contributed by atoms with Gasteiger partial charge in [-0.15, -0.1) is 0 Å². The molecule has 1 aliphatic rings. The number of nitrogens with zero attached hydrogens (tertiary/aromatic N) is 2. The van der Waals surface area contributed by atoms with Crippen molar-refractivity contribution in [1.29, 1.82) is 0 Å². The molecule has 3 nitrogen and oxygen atoms in total. The first-order chi connectivity index (χ1) is 6.83. The van der Waals surface area contributed by atoms with Crippen LogP contribution in [0.25, 0.3) is 0 Å². The van der Waals surface area contributed by atoms with Gasteiger partial charge in [0.1, 0.15) is 0 Å². The molecule has 14 heavy (non-hydrogen) atoms. The number of aliphatic hydroxyl groups excluding tert-OH is 1. The molecule has 1 fully saturated rings. The smallest absolute Gasteiger partial charge is 0.0471 e. The van der Waals surface area contributed by atoms with E-state index in [0.29, 0.717) is 12.5 Å². The summed E-state index contributed by atoms with van der Waals surface area (Å²) >= 11 is 0. The second kappa shape index (κ2) is 6.51. The number of aliphatic hydroxyl groups is 1. The highest BCUT2D eigenvalue weighted by Crippen LogP contribution is 2.12. The SMILES string of the molecule is CN1CCC(CO)C1.c1ccncc1. The van der Waals surface area contributed by atoms with E-state index in [4.69, 9.17) is 5.11 Å². The quantitative estimate of drug-likeness (QED) is 0.725. The van der Waals surface area contributed by atoms with E-state index < -0.39 is 0 Å². The highest BCUT2D eigenvalue weighted by Gasteiger charge is 2.17. The molecular weight excluding hydrogens is 176 g/mol. The first kappa shape index (κ1) is 11.1. The van der Waals surface area contributed by atoms with Gasteiger partial charge in [0.2, 0.25) is 0 Å². The molecule has 3 heteroatoms. The van der Waals surface area contributed by atoms with Gasteiger partial charge in [0.05, 0.1) is 0 Å². The Hall–Kier alpha value is -0.930. The standard InChI is InChI=1S/C6H13NO.C5H5N/c1-7-3-2-6(4-7)5-8;1-2-4-6-5-3-1/h6,8H,2-5H2,1H3;1-5H. The van der Waals surface area contributed by atoms with Gasteiger partial charge in [-0.05, 0) is 38.1 Å². The van der Waals surface area contributed by atoms with Gasteiger partial charge in [-0.3, -0.25) is 4.98 Å². The molecule has 1 aromatic heterocycles. The number of hydrogen-bond donors (Lipinski definition) is 1. The Labute approximate surface area is 85.4 Å². The minimum Gasteiger partial charge on any atom is -0.396 e. The van der Waals surface area contributed by atoms with Gasteiger partial charge in [-0.1, -0.05) is 6.07 Å². The average Bonchev–Trinajstić information content (AvgIpc) is 2.68. The fourth-order valence-corrected chi connectivity index (χ4v) is 1.49. The summed E-state index contributed by atoms with van der Waals surface area (Å²) < 4.78 is 0. The summed E-state index contributed by atoms with van der Waals surface area (Å²) in [5.41, 5.74) is 0. The monoisotopic (exact) mass is 194 g/mol. The van der Waals surface area contributed by atoms with Crippen molar-refractivity contribution in [2.24, 2.45) is 5.92 Å². The Balaban J connectivity index is 0.000000146. The van der Waals surface area contributed by atoms with Crippen LogP contribution in [0.3, 0.4) is 0 Å².